The fourth-order valence-electron chi connectivity index (χ4n) is 2.79. The molecule has 2 aliphatic heterocycles. The number of nitrogens with one attached hydrogen (secondary N) is 2. The maximum absolute atomic E-state index is 12.3. The van der Waals surface area contributed by atoms with Crippen LogP contribution in [0.1, 0.15) is 32.2 Å². The highest BCUT2D eigenvalue weighted by atomic mass is 16.6. The Kier molecular flexibility index (Phi) is 3.91. The van der Waals surface area contributed by atoms with Gasteiger partial charge in [-0.1, -0.05) is 20.8 Å². The molecule has 0 unspecified atom stereocenters. The van der Waals surface area contributed by atoms with Gasteiger partial charge in [0.2, 0.25) is 0 Å². The molecule has 0 spiro atoms. The Balaban J connectivity index is 1.52. The number of fused-ring (bicyclic) bond motifs is 1. The van der Waals surface area contributed by atoms with Crippen LogP contribution in [0.4, 0.5) is 9.59 Å². The van der Waals surface area contributed by atoms with Gasteiger partial charge in [-0.3, -0.25) is 10.00 Å². The summed E-state index contributed by atoms with van der Waals surface area (Å²) in [6.45, 7) is 8.60. The molecule has 126 valence electrons. The first-order valence-electron chi connectivity index (χ1n) is 7.85. The van der Waals surface area contributed by atoms with Gasteiger partial charge in [0, 0.05) is 25.0 Å². The summed E-state index contributed by atoms with van der Waals surface area (Å²) in [5, 5.41) is 10.1. The van der Waals surface area contributed by atoms with Crippen LogP contribution in [0.3, 0.4) is 0 Å². The van der Waals surface area contributed by atoms with Gasteiger partial charge >= 0.3 is 12.1 Å². The van der Waals surface area contributed by atoms with Crippen molar-refractivity contribution in [3.63, 3.8) is 0 Å². The third kappa shape index (κ3) is 3.25. The number of ether oxygens (including phenoxy) is 1. The molecule has 0 saturated carbocycles. The van der Waals surface area contributed by atoms with Gasteiger partial charge < -0.3 is 15.0 Å². The lowest BCUT2D eigenvalue weighted by atomic mass is 9.92. The van der Waals surface area contributed by atoms with E-state index in [1.54, 1.807) is 9.80 Å². The molecule has 0 aliphatic carbocycles. The maximum atomic E-state index is 12.3. The van der Waals surface area contributed by atoms with Crippen LogP contribution >= 0.6 is 0 Å². The zero-order valence-corrected chi connectivity index (χ0v) is 13.8. The van der Waals surface area contributed by atoms with Gasteiger partial charge in [0.25, 0.3) is 0 Å². The van der Waals surface area contributed by atoms with E-state index in [0.29, 0.717) is 32.8 Å². The third-order valence-electron chi connectivity index (χ3n) is 4.23. The Labute approximate surface area is 135 Å². The molecule has 8 nitrogen and oxygen atoms in total. The highest BCUT2D eigenvalue weighted by Crippen LogP contribution is 2.20. The number of cyclic esters (lactones) is 1. The van der Waals surface area contributed by atoms with Gasteiger partial charge in [-0.25, -0.2) is 9.59 Å². The van der Waals surface area contributed by atoms with Gasteiger partial charge in [-0.2, -0.15) is 5.10 Å². The maximum Gasteiger partial charge on any atom is 0.410 e. The molecule has 2 fully saturated rings. The van der Waals surface area contributed by atoms with Crippen molar-refractivity contribution < 1.29 is 14.3 Å². The van der Waals surface area contributed by atoms with Crippen LogP contribution in [0.2, 0.25) is 0 Å². The molecule has 3 heterocycles. The minimum atomic E-state index is -0.276. The van der Waals surface area contributed by atoms with Gasteiger partial charge in [-0.05, 0) is 6.07 Å². The SMILES string of the molecule is CC(C)(C)c1cc(CNC(=O)N2CCN3C(=O)OC[C@H]3C2)[nH]n1. The van der Waals surface area contributed by atoms with Crippen molar-refractivity contribution in [2.45, 2.75) is 38.8 Å². The Bertz CT molecular complexity index is 606. The van der Waals surface area contributed by atoms with Gasteiger partial charge in [-0.15, -0.1) is 0 Å². The largest absolute Gasteiger partial charge is 0.447 e. The topological polar surface area (TPSA) is 90.6 Å². The highest BCUT2D eigenvalue weighted by molar-refractivity contribution is 5.75. The number of aromatic amines is 1. The number of piperazine rings is 1. The molecule has 2 saturated heterocycles. The molecule has 8 heteroatoms. The van der Waals surface area contributed by atoms with Crippen molar-refractivity contribution in [2.75, 3.05) is 26.2 Å². The van der Waals surface area contributed by atoms with Gasteiger partial charge in [0.1, 0.15) is 6.61 Å². The summed E-state index contributed by atoms with van der Waals surface area (Å²) in [6.07, 6.45) is -0.276. The number of aromatic nitrogens is 2. The van der Waals surface area contributed by atoms with Crippen molar-refractivity contribution in [2.24, 2.45) is 0 Å². The van der Waals surface area contributed by atoms with Crippen LogP contribution in [-0.2, 0) is 16.7 Å². The summed E-state index contributed by atoms with van der Waals surface area (Å²) in [5.74, 6) is 0. The number of hydrogen-bond acceptors (Lipinski definition) is 4. The van der Waals surface area contributed by atoms with Crippen LogP contribution in [0.25, 0.3) is 0 Å². The molecule has 0 radical (unpaired) electrons. The molecule has 0 aromatic carbocycles. The third-order valence-corrected chi connectivity index (χ3v) is 4.23. The van der Waals surface area contributed by atoms with E-state index in [4.69, 9.17) is 4.74 Å². The molecule has 23 heavy (non-hydrogen) atoms. The summed E-state index contributed by atoms with van der Waals surface area (Å²) < 4.78 is 5.01. The summed E-state index contributed by atoms with van der Waals surface area (Å²) in [4.78, 5) is 27.1. The second-order valence-corrected chi connectivity index (χ2v) is 7.06. The van der Waals surface area contributed by atoms with E-state index in [1.165, 1.54) is 0 Å². The average molecular weight is 321 g/mol. The van der Waals surface area contributed by atoms with E-state index in [-0.39, 0.29) is 23.6 Å². The first-order valence-corrected chi connectivity index (χ1v) is 7.85. The summed E-state index contributed by atoms with van der Waals surface area (Å²) >= 11 is 0. The number of amides is 3. The van der Waals surface area contributed by atoms with Crippen molar-refractivity contribution in [1.29, 1.82) is 0 Å². The quantitative estimate of drug-likeness (QED) is 0.852. The average Bonchev–Trinajstić information content (AvgIpc) is 3.11. The Morgan fingerprint density at radius 3 is 2.96 bits per heavy atom. The second kappa shape index (κ2) is 5.75. The molecule has 2 aliphatic rings. The van der Waals surface area contributed by atoms with E-state index in [0.717, 1.165) is 11.4 Å². The number of H-pyrrole nitrogens is 1. The summed E-state index contributed by atoms with van der Waals surface area (Å²) in [6, 6.07) is 1.82. The molecule has 1 atom stereocenters. The van der Waals surface area contributed by atoms with Crippen LogP contribution in [0, 0.1) is 0 Å². The minimum Gasteiger partial charge on any atom is -0.447 e. The van der Waals surface area contributed by atoms with E-state index in [9.17, 15) is 9.59 Å². The monoisotopic (exact) mass is 321 g/mol. The predicted molar refractivity (Wildman–Crippen MR) is 82.9 cm³/mol. The van der Waals surface area contributed by atoms with Crippen LogP contribution in [-0.4, -0.2) is 64.4 Å². The Morgan fingerprint density at radius 2 is 2.26 bits per heavy atom. The molecular formula is C15H23N5O3. The molecular weight excluding hydrogens is 298 g/mol. The van der Waals surface area contributed by atoms with Crippen molar-refractivity contribution in [3.05, 3.63) is 17.5 Å². The van der Waals surface area contributed by atoms with Crippen LogP contribution in [0.5, 0.6) is 0 Å². The van der Waals surface area contributed by atoms with Crippen molar-refractivity contribution in [3.8, 4) is 0 Å². The number of urea groups is 1. The summed E-state index contributed by atoms with van der Waals surface area (Å²) in [7, 11) is 0. The minimum absolute atomic E-state index is 0.0237. The van der Waals surface area contributed by atoms with Crippen molar-refractivity contribution in [1.82, 2.24) is 25.3 Å². The van der Waals surface area contributed by atoms with Gasteiger partial charge in [0.05, 0.1) is 24.0 Å². The second-order valence-electron chi connectivity index (χ2n) is 7.06. The molecule has 2 N–H and O–H groups in total. The first-order chi connectivity index (χ1) is 10.8. The van der Waals surface area contributed by atoms with Crippen LogP contribution in [0.15, 0.2) is 6.07 Å². The van der Waals surface area contributed by atoms with E-state index < -0.39 is 0 Å². The lowest BCUT2D eigenvalue weighted by Crippen LogP contribution is -2.55. The zero-order valence-electron chi connectivity index (χ0n) is 13.8. The van der Waals surface area contributed by atoms with Crippen molar-refractivity contribution >= 4 is 12.1 Å². The molecule has 3 amide bonds. The standard InChI is InChI=1S/C15H23N5O3/c1-15(2,3)12-6-10(17-18-12)7-16-13(21)19-4-5-20-11(8-19)9-23-14(20)22/h6,11H,4-5,7-9H2,1-3H3,(H,16,21)(H,17,18)/t11-/m1/s1. The molecule has 3 rings (SSSR count). The lowest BCUT2D eigenvalue weighted by molar-refractivity contribution is 0.127. The fraction of sp³-hybridized carbons (Fsp3) is 0.667. The number of carbonyl (C=O) groups is 2. The van der Waals surface area contributed by atoms with Gasteiger partial charge in [0.15, 0.2) is 0 Å². The first kappa shape index (κ1) is 15.6. The van der Waals surface area contributed by atoms with E-state index in [1.807, 2.05) is 6.07 Å². The number of carbonyl (C=O) groups excluding carboxylic acids is 2. The van der Waals surface area contributed by atoms with Crippen LogP contribution < -0.4 is 5.32 Å². The number of rotatable bonds is 2. The molecule has 1 aromatic rings. The highest BCUT2D eigenvalue weighted by Gasteiger charge is 2.38. The fourth-order valence-corrected chi connectivity index (χ4v) is 2.79. The smallest absolute Gasteiger partial charge is 0.410 e. The number of hydrogen-bond donors (Lipinski definition) is 2. The predicted octanol–water partition coefficient (Wildman–Crippen LogP) is 1.05. The van der Waals surface area contributed by atoms with E-state index >= 15 is 0 Å². The Hall–Kier alpha value is -2.25. The van der Waals surface area contributed by atoms with E-state index in [2.05, 4.69) is 36.3 Å². The zero-order chi connectivity index (χ0) is 16.6. The number of nitrogens with zero attached hydrogens (tertiary/aromatic N) is 3. The lowest BCUT2D eigenvalue weighted by Gasteiger charge is -2.35. The normalized spacial score (nSPS) is 21.2. The summed E-state index contributed by atoms with van der Waals surface area (Å²) in [5.41, 5.74) is 1.82. The Morgan fingerprint density at radius 1 is 1.48 bits per heavy atom. The molecule has 0 bridgehead atoms. The molecule has 1 aromatic heterocycles.